The minimum atomic E-state index is -0.396. The summed E-state index contributed by atoms with van der Waals surface area (Å²) in [6, 6.07) is 9.00. The number of furan rings is 1. The molecule has 1 aromatic carbocycles. The molecule has 0 aliphatic rings. The number of hydrogen-bond acceptors (Lipinski definition) is 4. The highest BCUT2D eigenvalue weighted by Gasteiger charge is 2.13. The molecule has 0 radical (unpaired) electrons. The molecule has 0 spiro atoms. The van der Waals surface area contributed by atoms with Crippen LogP contribution in [-0.2, 0) is 6.54 Å². The molecule has 1 aromatic heterocycles. The van der Waals surface area contributed by atoms with E-state index in [9.17, 15) is 10.1 Å². The van der Waals surface area contributed by atoms with E-state index in [0.29, 0.717) is 11.0 Å². The molecule has 0 aliphatic carbocycles. The molecule has 2 rings (SSSR count). The highest BCUT2D eigenvalue weighted by Crippen LogP contribution is 2.26. The molecule has 0 fully saturated rings. The lowest BCUT2D eigenvalue weighted by molar-refractivity contribution is -0.385. The van der Waals surface area contributed by atoms with Gasteiger partial charge in [0.2, 0.25) is 0 Å². The van der Waals surface area contributed by atoms with E-state index in [-0.39, 0.29) is 11.7 Å². The van der Waals surface area contributed by atoms with Crippen LogP contribution in [-0.4, -0.2) is 4.92 Å². The number of nitrogens with one attached hydrogen (secondary N) is 1. The smallest absolute Gasteiger partial charge is 0.283 e. The molecule has 1 unspecified atom stereocenters. The SMILES string of the molecule is Cc1ccc(C(C)NCc2ccc(Br)c([N+](=O)[O-])c2)o1. The Bertz CT molecular complexity index is 625. The van der Waals surface area contributed by atoms with E-state index in [2.05, 4.69) is 21.2 Å². The fourth-order valence-corrected chi connectivity index (χ4v) is 2.26. The molecule has 1 N–H and O–H groups in total. The van der Waals surface area contributed by atoms with E-state index in [1.165, 1.54) is 0 Å². The van der Waals surface area contributed by atoms with Crippen LogP contribution in [0.3, 0.4) is 0 Å². The largest absolute Gasteiger partial charge is 0.465 e. The van der Waals surface area contributed by atoms with Gasteiger partial charge in [-0.05, 0) is 53.5 Å². The van der Waals surface area contributed by atoms with Crippen LogP contribution in [0.5, 0.6) is 0 Å². The monoisotopic (exact) mass is 338 g/mol. The van der Waals surface area contributed by atoms with Crippen LogP contribution < -0.4 is 5.32 Å². The Morgan fingerprint density at radius 1 is 1.40 bits per heavy atom. The van der Waals surface area contributed by atoms with Gasteiger partial charge in [0, 0.05) is 12.6 Å². The Morgan fingerprint density at radius 2 is 2.15 bits per heavy atom. The Kier molecular flexibility index (Phi) is 4.57. The summed E-state index contributed by atoms with van der Waals surface area (Å²) in [5.74, 6) is 1.72. The lowest BCUT2D eigenvalue weighted by Gasteiger charge is -2.11. The highest BCUT2D eigenvalue weighted by atomic mass is 79.9. The third-order valence-electron chi connectivity index (χ3n) is 3.01. The third kappa shape index (κ3) is 3.46. The lowest BCUT2D eigenvalue weighted by Crippen LogP contribution is -2.17. The molecule has 0 saturated carbocycles. The first-order valence-electron chi connectivity index (χ1n) is 6.20. The zero-order valence-corrected chi connectivity index (χ0v) is 12.8. The second-order valence-corrected chi connectivity index (χ2v) is 5.45. The minimum Gasteiger partial charge on any atom is -0.465 e. The van der Waals surface area contributed by atoms with Crippen LogP contribution in [0.15, 0.2) is 39.2 Å². The molecule has 2 aromatic rings. The first kappa shape index (κ1) is 14.7. The molecule has 1 atom stereocenters. The second kappa shape index (κ2) is 6.19. The van der Waals surface area contributed by atoms with Gasteiger partial charge < -0.3 is 9.73 Å². The normalized spacial score (nSPS) is 12.3. The van der Waals surface area contributed by atoms with Crippen LogP contribution in [0, 0.1) is 17.0 Å². The van der Waals surface area contributed by atoms with Crippen LogP contribution in [0.2, 0.25) is 0 Å². The van der Waals surface area contributed by atoms with E-state index in [0.717, 1.165) is 17.1 Å². The second-order valence-electron chi connectivity index (χ2n) is 4.59. The van der Waals surface area contributed by atoms with Gasteiger partial charge in [0.25, 0.3) is 5.69 Å². The lowest BCUT2D eigenvalue weighted by atomic mass is 10.2. The Balaban J connectivity index is 2.04. The van der Waals surface area contributed by atoms with Crippen LogP contribution in [0.25, 0.3) is 0 Å². The average Bonchev–Trinajstić information content (AvgIpc) is 2.84. The first-order chi connectivity index (χ1) is 9.47. The van der Waals surface area contributed by atoms with Crippen molar-refractivity contribution in [2.24, 2.45) is 0 Å². The molecule has 0 bridgehead atoms. The van der Waals surface area contributed by atoms with Gasteiger partial charge in [-0.2, -0.15) is 0 Å². The molecule has 20 heavy (non-hydrogen) atoms. The van der Waals surface area contributed by atoms with Crippen molar-refractivity contribution >= 4 is 21.6 Å². The fourth-order valence-electron chi connectivity index (χ4n) is 1.87. The van der Waals surface area contributed by atoms with Crippen LogP contribution >= 0.6 is 15.9 Å². The summed E-state index contributed by atoms with van der Waals surface area (Å²) in [5.41, 5.74) is 0.931. The van der Waals surface area contributed by atoms with E-state index >= 15 is 0 Å². The quantitative estimate of drug-likeness (QED) is 0.657. The molecule has 106 valence electrons. The molecular weight excluding hydrogens is 324 g/mol. The van der Waals surface area contributed by atoms with Gasteiger partial charge in [0.05, 0.1) is 15.4 Å². The van der Waals surface area contributed by atoms with E-state index in [1.54, 1.807) is 12.1 Å². The summed E-state index contributed by atoms with van der Waals surface area (Å²) < 4.78 is 6.02. The number of nitro groups is 1. The number of aryl methyl sites for hydroxylation is 1. The average molecular weight is 339 g/mol. The van der Waals surface area contributed by atoms with E-state index in [1.807, 2.05) is 32.0 Å². The summed E-state index contributed by atoms with van der Waals surface area (Å²) in [5, 5.41) is 14.2. The number of rotatable bonds is 5. The van der Waals surface area contributed by atoms with Crippen molar-refractivity contribution in [3.05, 3.63) is 62.0 Å². The summed E-state index contributed by atoms with van der Waals surface area (Å²) in [6.07, 6.45) is 0. The molecule has 6 heteroatoms. The van der Waals surface area contributed by atoms with Gasteiger partial charge in [-0.15, -0.1) is 0 Å². The third-order valence-corrected chi connectivity index (χ3v) is 3.68. The number of benzene rings is 1. The summed E-state index contributed by atoms with van der Waals surface area (Å²) in [7, 11) is 0. The Morgan fingerprint density at radius 3 is 2.75 bits per heavy atom. The molecule has 5 nitrogen and oxygen atoms in total. The van der Waals surface area contributed by atoms with Gasteiger partial charge in [0.15, 0.2) is 0 Å². The van der Waals surface area contributed by atoms with Crippen LogP contribution in [0.1, 0.15) is 30.0 Å². The standard InChI is InChI=1S/C14H15BrN2O3/c1-9-3-6-14(20-9)10(2)16-8-11-4-5-12(15)13(7-11)17(18)19/h3-7,10,16H,8H2,1-2H3. The number of halogens is 1. The fraction of sp³-hybridized carbons (Fsp3) is 0.286. The van der Waals surface area contributed by atoms with Gasteiger partial charge >= 0.3 is 0 Å². The Labute approximate surface area is 125 Å². The zero-order chi connectivity index (χ0) is 14.7. The minimum absolute atomic E-state index is 0.0476. The molecule has 0 aliphatic heterocycles. The molecular formula is C14H15BrN2O3. The first-order valence-corrected chi connectivity index (χ1v) is 6.99. The van der Waals surface area contributed by atoms with Crippen molar-refractivity contribution in [3.63, 3.8) is 0 Å². The van der Waals surface area contributed by atoms with Crippen molar-refractivity contribution in [1.29, 1.82) is 0 Å². The van der Waals surface area contributed by atoms with Gasteiger partial charge in [0.1, 0.15) is 11.5 Å². The van der Waals surface area contributed by atoms with Gasteiger partial charge in [-0.1, -0.05) is 6.07 Å². The number of hydrogen-bond donors (Lipinski definition) is 1. The molecule has 0 saturated heterocycles. The van der Waals surface area contributed by atoms with Crippen molar-refractivity contribution in [2.45, 2.75) is 26.4 Å². The topological polar surface area (TPSA) is 68.3 Å². The maximum atomic E-state index is 10.9. The van der Waals surface area contributed by atoms with Crippen molar-refractivity contribution in [3.8, 4) is 0 Å². The molecule has 0 amide bonds. The number of nitro benzene ring substituents is 1. The maximum Gasteiger partial charge on any atom is 0.283 e. The zero-order valence-electron chi connectivity index (χ0n) is 11.2. The van der Waals surface area contributed by atoms with Crippen molar-refractivity contribution in [1.82, 2.24) is 5.32 Å². The van der Waals surface area contributed by atoms with Gasteiger partial charge in [-0.3, -0.25) is 10.1 Å². The number of nitrogens with zero attached hydrogens (tertiary/aromatic N) is 1. The highest BCUT2D eigenvalue weighted by molar-refractivity contribution is 9.10. The van der Waals surface area contributed by atoms with E-state index in [4.69, 9.17) is 4.42 Å². The summed E-state index contributed by atoms with van der Waals surface area (Å²) in [4.78, 5) is 10.5. The summed E-state index contributed by atoms with van der Waals surface area (Å²) >= 11 is 3.17. The maximum absolute atomic E-state index is 10.9. The van der Waals surface area contributed by atoms with Gasteiger partial charge in [-0.25, -0.2) is 0 Å². The van der Waals surface area contributed by atoms with Crippen molar-refractivity contribution in [2.75, 3.05) is 0 Å². The Hall–Kier alpha value is -1.66. The predicted octanol–water partition coefficient (Wildman–Crippen LogP) is 4.11. The predicted molar refractivity (Wildman–Crippen MR) is 79.5 cm³/mol. The van der Waals surface area contributed by atoms with Crippen molar-refractivity contribution < 1.29 is 9.34 Å². The van der Waals surface area contributed by atoms with E-state index < -0.39 is 4.92 Å². The van der Waals surface area contributed by atoms with Crippen LogP contribution in [0.4, 0.5) is 5.69 Å². The summed E-state index contributed by atoms with van der Waals surface area (Å²) in [6.45, 7) is 4.43. The molecule has 1 heterocycles.